The molecule has 0 unspecified atom stereocenters. The Balaban J connectivity index is 1.38. The minimum Gasteiger partial charge on any atom is -0.493 e. The van der Waals surface area contributed by atoms with Gasteiger partial charge >= 0.3 is 0 Å². The van der Waals surface area contributed by atoms with E-state index in [2.05, 4.69) is 34.9 Å². The van der Waals surface area contributed by atoms with Gasteiger partial charge in [-0.2, -0.15) is 0 Å². The van der Waals surface area contributed by atoms with Crippen molar-refractivity contribution in [2.45, 2.75) is 47.0 Å². The molecule has 2 N–H and O–H groups in total. The number of nitrogens with one attached hydrogen (secondary N) is 2. The van der Waals surface area contributed by atoms with E-state index in [0.29, 0.717) is 19.6 Å². The summed E-state index contributed by atoms with van der Waals surface area (Å²) in [5.41, 5.74) is 3.74. The molecule has 0 fully saturated rings. The summed E-state index contributed by atoms with van der Waals surface area (Å²) in [6.45, 7) is 9.09. The van der Waals surface area contributed by atoms with Crippen LogP contribution < -0.4 is 20.1 Å². The number of carbonyl (C=O) groups excluding carboxylic acids is 1. The van der Waals surface area contributed by atoms with Crippen LogP contribution in [0.3, 0.4) is 0 Å². The molecule has 0 bridgehead atoms. The number of ether oxygens (including phenoxy) is 2. The van der Waals surface area contributed by atoms with Crippen molar-refractivity contribution in [3.05, 3.63) is 89.5 Å². The second kappa shape index (κ2) is 13.1. The third-order valence-corrected chi connectivity index (χ3v) is 6.21. The lowest BCUT2D eigenvalue weighted by Gasteiger charge is -2.24. The summed E-state index contributed by atoms with van der Waals surface area (Å²) < 4.78 is 11.8. The lowest BCUT2D eigenvalue weighted by atomic mass is 9.87. The quantitative estimate of drug-likeness (QED) is 0.227. The zero-order chi connectivity index (χ0) is 26.0. The van der Waals surface area contributed by atoms with Gasteiger partial charge in [0.2, 0.25) is 5.91 Å². The van der Waals surface area contributed by atoms with E-state index in [0.717, 1.165) is 35.6 Å². The number of benzene rings is 3. The van der Waals surface area contributed by atoms with Crippen LogP contribution >= 0.6 is 12.2 Å². The average molecular weight is 505 g/mol. The first-order valence-corrected chi connectivity index (χ1v) is 12.7. The maximum atomic E-state index is 12.8. The SMILES string of the molecule is Cc1ccc(C)c(OCCCC(C)(C)C(=O)NC(=S)Nc2ccc(OCCc3ccccc3)cc2)c1. The molecule has 0 aromatic heterocycles. The number of rotatable bonds is 11. The average Bonchev–Trinajstić information content (AvgIpc) is 2.85. The number of hydrogen-bond donors (Lipinski definition) is 2. The summed E-state index contributed by atoms with van der Waals surface area (Å²) in [5.74, 6) is 1.57. The van der Waals surface area contributed by atoms with Crippen molar-refractivity contribution in [3.63, 3.8) is 0 Å². The van der Waals surface area contributed by atoms with Crippen LogP contribution in [0, 0.1) is 19.3 Å². The van der Waals surface area contributed by atoms with Gasteiger partial charge < -0.3 is 20.1 Å². The van der Waals surface area contributed by atoms with E-state index in [1.54, 1.807) is 0 Å². The Kier molecular flexibility index (Phi) is 9.88. The molecule has 0 saturated carbocycles. The molecule has 0 radical (unpaired) electrons. The summed E-state index contributed by atoms with van der Waals surface area (Å²) in [7, 11) is 0. The van der Waals surface area contributed by atoms with Crippen LogP contribution in [0.2, 0.25) is 0 Å². The summed E-state index contributed by atoms with van der Waals surface area (Å²) in [6.07, 6.45) is 2.30. The normalized spacial score (nSPS) is 11.0. The summed E-state index contributed by atoms with van der Waals surface area (Å²) >= 11 is 5.36. The van der Waals surface area contributed by atoms with Crippen LogP contribution in [-0.4, -0.2) is 24.2 Å². The lowest BCUT2D eigenvalue weighted by Crippen LogP contribution is -2.42. The number of hydrogen-bond acceptors (Lipinski definition) is 4. The highest BCUT2D eigenvalue weighted by Gasteiger charge is 2.27. The van der Waals surface area contributed by atoms with E-state index in [4.69, 9.17) is 21.7 Å². The molecular formula is C30H36N2O3S. The van der Waals surface area contributed by atoms with Gasteiger partial charge in [0.25, 0.3) is 0 Å². The van der Waals surface area contributed by atoms with Crippen molar-refractivity contribution in [1.29, 1.82) is 0 Å². The Bertz CT molecular complexity index is 1140. The highest BCUT2D eigenvalue weighted by atomic mass is 32.1. The summed E-state index contributed by atoms with van der Waals surface area (Å²) in [5, 5.41) is 6.17. The molecule has 0 atom stereocenters. The van der Waals surface area contributed by atoms with E-state index in [9.17, 15) is 4.79 Å². The van der Waals surface area contributed by atoms with E-state index in [1.807, 2.05) is 76.2 Å². The first-order chi connectivity index (χ1) is 17.2. The van der Waals surface area contributed by atoms with E-state index < -0.39 is 5.41 Å². The molecule has 0 saturated heterocycles. The Morgan fingerprint density at radius 3 is 2.36 bits per heavy atom. The maximum absolute atomic E-state index is 12.8. The molecule has 0 aliphatic heterocycles. The van der Waals surface area contributed by atoms with Gasteiger partial charge in [-0.05, 0) is 85.9 Å². The Hall–Kier alpha value is -3.38. The van der Waals surface area contributed by atoms with E-state index in [1.165, 1.54) is 11.1 Å². The second-order valence-electron chi connectivity index (χ2n) is 9.62. The number of anilines is 1. The largest absolute Gasteiger partial charge is 0.493 e. The number of carbonyl (C=O) groups is 1. The number of aryl methyl sites for hydroxylation is 2. The molecule has 5 nitrogen and oxygen atoms in total. The molecule has 0 heterocycles. The van der Waals surface area contributed by atoms with Gasteiger partial charge in [0.15, 0.2) is 5.11 Å². The van der Waals surface area contributed by atoms with Crippen LogP contribution in [0.15, 0.2) is 72.8 Å². The zero-order valence-corrected chi connectivity index (χ0v) is 22.4. The highest BCUT2D eigenvalue weighted by Crippen LogP contribution is 2.24. The van der Waals surface area contributed by atoms with Gasteiger partial charge in [-0.1, -0.05) is 56.3 Å². The zero-order valence-electron chi connectivity index (χ0n) is 21.6. The van der Waals surface area contributed by atoms with Gasteiger partial charge in [-0.25, -0.2) is 0 Å². The van der Waals surface area contributed by atoms with Gasteiger partial charge in [0.05, 0.1) is 13.2 Å². The molecule has 3 aromatic rings. The molecule has 0 aliphatic rings. The Labute approximate surface area is 220 Å². The minimum atomic E-state index is -0.576. The molecule has 1 amide bonds. The third-order valence-electron chi connectivity index (χ3n) is 6.00. The number of amides is 1. The Morgan fingerprint density at radius 2 is 1.64 bits per heavy atom. The van der Waals surface area contributed by atoms with Crippen LogP contribution in [0.1, 0.15) is 43.4 Å². The Morgan fingerprint density at radius 1 is 0.917 bits per heavy atom. The first-order valence-electron chi connectivity index (χ1n) is 12.3. The second-order valence-corrected chi connectivity index (χ2v) is 10.0. The van der Waals surface area contributed by atoms with E-state index >= 15 is 0 Å². The molecule has 36 heavy (non-hydrogen) atoms. The van der Waals surface area contributed by atoms with Crippen molar-refractivity contribution in [1.82, 2.24) is 5.32 Å². The van der Waals surface area contributed by atoms with Gasteiger partial charge in [-0.3, -0.25) is 4.79 Å². The van der Waals surface area contributed by atoms with Crippen LogP contribution in [0.25, 0.3) is 0 Å². The lowest BCUT2D eigenvalue weighted by molar-refractivity contribution is -0.128. The smallest absolute Gasteiger partial charge is 0.231 e. The molecule has 0 spiro atoms. The minimum absolute atomic E-state index is 0.118. The fraction of sp³-hybridized carbons (Fsp3) is 0.333. The summed E-state index contributed by atoms with van der Waals surface area (Å²) in [6, 6.07) is 24.0. The van der Waals surface area contributed by atoms with Gasteiger partial charge in [0, 0.05) is 17.5 Å². The maximum Gasteiger partial charge on any atom is 0.231 e. The molecule has 190 valence electrons. The van der Waals surface area contributed by atoms with Gasteiger partial charge in [0.1, 0.15) is 11.5 Å². The van der Waals surface area contributed by atoms with Crippen molar-refractivity contribution < 1.29 is 14.3 Å². The van der Waals surface area contributed by atoms with Crippen molar-refractivity contribution in [3.8, 4) is 11.5 Å². The topological polar surface area (TPSA) is 59.6 Å². The van der Waals surface area contributed by atoms with Crippen LogP contribution in [0.5, 0.6) is 11.5 Å². The molecule has 3 aromatic carbocycles. The number of thiocarbonyl (C=S) groups is 1. The summed E-state index contributed by atoms with van der Waals surface area (Å²) in [4.78, 5) is 12.8. The molecule has 6 heteroatoms. The monoisotopic (exact) mass is 504 g/mol. The van der Waals surface area contributed by atoms with E-state index in [-0.39, 0.29) is 11.0 Å². The molecule has 3 rings (SSSR count). The predicted molar refractivity (Wildman–Crippen MR) is 151 cm³/mol. The van der Waals surface area contributed by atoms with Crippen molar-refractivity contribution in [2.24, 2.45) is 5.41 Å². The van der Waals surface area contributed by atoms with Crippen molar-refractivity contribution >= 4 is 28.9 Å². The predicted octanol–water partition coefficient (Wildman–Crippen LogP) is 6.62. The van der Waals surface area contributed by atoms with Crippen LogP contribution in [-0.2, 0) is 11.2 Å². The fourth-order valence-electron chi connectivity index (χ4n) is 3.67. The van der Waals surface area contributed by atoms with Crippen molar-refractivity contribution in [2.75, 3.05) is 18.5 Å². The first kappa shape index (κ1) is 27.2. The molecular weight excluding hydrogens is 468 g/mol. The van der Waals surface area contributed by atoms with Crippen LogP contribution in [0.4, 0.5) is 5.69 Å². The fourth-order valence-corrected chi connectivity index (χ4v) is 3.88. The van der Waals surface area contributed by atoms with Gasteiger partial charge in [-0.15, -0.1) is 0 Å². The third kappa shape index (κ3) is 8.68. The molecule has 0 aliphatic carbocycles. The standard InChI is InChI=1S/C30H36N2O3S/c1-22-11-12-23(2)27(21-22)35-19-8-18-30(3,4)28(33)32-29(36)31-25-13-15-26(16-14-25)34-20-17-24-9-6-5-7-10-24/h5-7,9-16,21H,8,17-20H2,1-4H3,(H2,31,32,33,36). The highest BCUT2D eigenvalue weighted by molar-refractivity contribution is 7.80.